The second-order valence-electron chi connectivity index (χ2n) is 6.42. The standard InChI is InChI=1S/C20H23N5O3/c1-13-5-7-16(9-14(13)2)25-19(22-23-24-25)12-21-20(26)11-15-6-8-17(27-3)18(10-15)28-4/h5-10H,11-12H2,1-4H3,(H,21,26). The lowest BCUT2D eigenvalue weighted by molar-refractivity contribution is -0.120. The van der Waals surface area contributed by atoms with Crippen LogP contribution >= 0.6 is 0 Å². The predicted molar refractivity (Wildman–Crippen MR) is 104 cm³/mol. The minimum atomic E-state index is -0.137. The minimum Gasteiger partial charge on any atom is -0.493 e. The van der Waals surface area contributed by atoms with Crippen molar-refractivity contribution < 1.29 is 14.3 Å². The van der Waals surface area contributed by atoms with Crippen molar-refractivity contribution in [3.8, 4) is 17.2 Å². The fourth-order valence-electron chi connectivity index (χ4n) is 2.79. The lowest BCUT2D eigenvalue weighted by Crippen LogP contribution is -2.26. The summed E-state index contributed by atoms with van der Waals surface area (Å²) in [6, 6.07) is 11.4. The first kappa shape index (κ1) is 19.3. The van der Waals surface area contributed by atoms with Gasteiger partial charge in [-0.05, 0) is 65.2 Å². The number of aryl methyl sites for hydroxylation is 2. The van der Waals surface area contributed by atoms with Gasteiger partial charge in [-0.15, -0.1) is 5.10 Å². The van der Waals surface area contributed by atoms with Crippen molar-refractivity contribution in [2.45, 2.75) is 26.8 Å². The number of aromatic nitrogens is 4. The Bertz CT molecular complexity index is 984. The van der Waals surface area contributed by atoms with E-state index in [1.54, 1.807) is 31.0 Å². The van der Waals surface area contributed by atoms with E-state index in [4.69, 9.17) is 9.47 Å². The van der Waals surface area contributed by atoms with Gasteiger partial charge in [0.2, 0.25) is 5.91 Å². The van der Waals surface area contributed by atoms with E-state index >= 15 is 0 Å². The number of hydrogen-bond acceptors (Lipinski definition) is 6. The third-order valence-corrected chi connectivity index (χ3v) is 4.53. The highest BCUT2D eigenvalue weighted by molar-refractivity contribution is 5.78. The van der Waals surface area contributed by atoms with Gasteiger partial charge in [0.15, 0.2) is 17.3 Å². The molecule has 1 heterocycles. The molecule has 0 fully saturated rings. The summed E-state index contributed by atoms with van der Waals surface area (Å²) in [7, 11) is 3.14. The molecule has 2 aromatic carbocycles. The van der Waals surface area contributed by atoms with E-state index in [1.807, 2.05) is 38.1 Å². The number of amides is 1. The molecular weight excluding hydrogens is 358 g/mol. The summed E-state index contributed by atoms with van der Waals surface area (Å²) in [6.45, 7) is 4.31. The first-order valence-electron chi connectivity index (χ1n) is 8.84. The molecule has 1 N–H and O–H groups in total. The van der Waals surface area contributed by atoms with Crippen molar-refractivity contribution in [2.24, 2.45) is 0 Å². The summed E-state index contributed by atoms with van der Waals surface area (Å²) >= 11 is 0. The average Bonchev–Trinajstić information content (AvgIpc) is 3.17. The number of carbonyl (C=O) groups excluding carboxylic acids is 1. The summed E-state index contributed by atoms with van der Waals surface area (Å²) in [5, 5.41) is 14.7. The number of rotatable bonds is 7. The smallest absolute Gasteiger partial charge is 0.224 e. The topological polar surface area (TPSA) is 91.2 Å². The zero-order valence-electron chi connectivity index (χ0n) is 16.4. The monoisotopic (exact) mass is 381 g/mol. The van der Waals surface area contributed by atoms with Gasteiger partial charge >= 0.3 is 0 Å². The van der Waals surface area contributed by atoms with E-state index in [9.17, 15) is 4.79 Å². The van der Waals surface area contributed by atoms with Crippen LogP contribution in [-0.4, -0.2) is 40.3 Å². The van der Waals surface area contributed by atoms with Crippen LogP contribution in [0, 0.1) is 13.8 Å². The molecule has 3 rings (SSSR count). The molecule has 8 heteroatoms. The van der Waals surface area contributed by atoms with Gasteiger partial charge in [0, 0.05) is 0 Å². The van der Waals surface area contributed by atoms with Gasteiger partial charge in [0.1, 0.15) is 0 Å². The van der Waals surface area contributed by atoms with Crippen LogP contribution in [-0.2, 0) is 17.8 Å². The third kappa shape index (κ3) is 4.28. The van der Waals surface area contributed by atoms with Crippen molar-refractivity contribution in [1.29, 1.82) is 0 Å². The van der Waals surface area contributed by atoms with E-state index < -0.39 is 0 Å². The fraction of sp³-hybridized carbons (Fsp3) is 0.300. The quantitative estimate of drug-likeness (QED) is 0.674. The second kappa shape index (κ2) is 8.51. The number of hydrogen-bond donors (Lipinski definition) is 1. The molecule has 8 nitrogen and oxygen atoms in total. The molecule has 0 aliphatic carbocycles. The van der Waals surface area contributed by atoms with Crippen molar-refractivity contribution in [1.82, 2.24) is 25.5 Å². The third-order valence-electron chi connectivity index (χ3n) is 4.53. The Kier molecular flexibility index (Phi) is 5.88. The van der Waals surface area contributed by atoms with Gasteiger partial charge in [-0.3, -0.25) is 4.79 Å². The van der Waals surface area contributed by atoms with E-state index in [1.165, 1.54) is 5.56 Å². The molecule has 1 amide bonds. The van der Waals surface area contributed by atoms with Crippen molar-refractivity contribution in [2.75, 3.05) is 14.2 Å². The number of nitrogens with one attached hydrogen (secondary N) is 1. The number of ether oxygens (including phenoxy) is 2. The first-order chi connectivity index (χ1) is 13.5. The zero-order valence-corrected chi connectivity index (χ0v) is 16.4. The number of carbonyl (C=O) groups is 1. The van der Waals surface area contributed by atoms with E-state index in [-0.39, 0.29) is 18.9 Å². The highest BCUT2D eigenvalue weighted by Gasteiger charge is 2.12. The summed E-state index contributed by atoms with van der Waals surface area (Å²) in [5.41, 5.74) is 4.03. The molecule has 146 valence electrons. The van der Waals surface area contributed by atoms with Crippen LogP contribution < -0.4 is 14.8 Å². The largest absolute Gasteiger partial charge is 0.493 e. The average molecular weight is 381 g/mol. The molecule has 0 radical (unpaired) electrons. The Morgan fingerprint density at radius 2 is 1.82 bits per heavy atom. The summed E-state index contributed by atoms with van der Waals surface area (Å²) < 4.78 is 12.1. The number of methoxy groups -OCH3 is 2. The predicted octanol–water partition coefficient (Wildman–Crippen LogP) is 2.16. The first-order valence-corrected chi connectivity index (χ1v) is 8.84. The minimum absolute atomic E-state index is 0.137. The molecule has 0 saturated carbocycles. The Morgan fingerprint density at radius 3 is 2.54 bits per heavy atom. The fourth-order valence-corrected chi connectivity index (χ4v) is 2.79. The van der Waals surface area contributed by atoms with E-state index in [0.29, 0.717) is 17.3 Å². The van der Waals surface area contributed by atoms with Crippen LogP contribution in [0.25, 0.3) is 5.69 Å². The Labute approximate surface area is 163 Å². The molecule has 0 bridgehead atoms. The SMILES string of the molecule is COc1ccc(CC(=O)NCc2nnnn2-c2ccc(C)c(C)c2)cc1OC. The van der Waals surface area contributed by atoms with Crippen molar-refractivity contribution in [3.63, 3.8) is 0 Å². The van der Waals surface area contributed by atoms with Crippen LogP contribution in [0.4, 0.5) is 0 Å². The molecular formula is C20H23N5O3. The maximum atomic E-state index is 12.3. The van der Waals surface area contributed by atoms with Gasteiger partial charge in [0.05, 0.1) is 32.9 Å². The summed E-state index contributed by atoms with van der Waals surface area (Å²) in [4.78, 5) is 12.3. The molecule has 28 heavy (non-hydrogen) atoms. The number of benzene rings is 2. The van der Waals surface area contributed by atoms with Crippen LogP contribution in [0.2, 0.25) is 0 Å². The zero-order chi connectivity index (χ0) is 20.1. The molecule has 0 unspecified atom stereocenters. The second-order valence-corrected chi connectivity index (χ2v) is 6.42. The number of nitrogens with zero attached hydrogens (tertiary/aromatic N) is 4. The molecule has 3 aromatic rings. The van der Waals surface area contributed by atoms with Gasteiger partial charge in [-0.1, -0.05) is 12.1 Å². The van der Waals surface area contributed by atoms with Crippen LogP contribution in [0.3, 0.4) is 0 Å². The highest BCUT2D eigenvalue weighted by Crippen LogP contribution is 2.27. The van der Waals surface area contributed by atoms with Gasteiger partial charge < -0.3 is 14.8 Å². The normalized spacial score (nSPS) is 10.6. The maximum absolute atomic E-state index is 12.3. The Hall–Kier alpha value is -3.42. The lowest BCUT2D eigenvalue weighted by atomic mass is 10.1. The van der Waals surface area contributed by atoms with Gasteiger partial charge in [0.25, 0.3) is 0 Å². The van der Waals surface area contributed by atoms with Crippen molar-refractivity contribution >= 4 is 5.91 Å². The van der Waals surface area contributed by atoms with Gasteiger partial charge in [-0.25, -0.2) is 0 Å². The Morgan fingerprint density at radius 1 is 1.04 bits per heavy atom. The van der Waals surface area contributed by atoms with Crippen LogP contribution in [0.5, 0.6) is 11.5 Å². The summed E-state index contributed by atoms with van der Waals surface area (Å²) in [6.07, 6.45) is 0.214. The molecule has 0 aliphatic rings. The molecule has 0 atom stereocenters. The van der Waals surface area contributed by atoms with E-state index in [2.05, 4.69) is 20.8 Å². The molecule has 0 aliphatic heterocycles. The van der Waals surface area contributed by atoms with Crippen LogP contribution in [0.1, 0.15) is 22.5 Å². The number of tetrazole rings is 1. The maximum Gasteiger partial charge on any atom is 0.224 e. The molecule has 0 saturated heterocycles. The van der Waals surface area contributed by atoms with E-state index in [0.717, 1.165) is 16.8 Å². The van der Waals surface area contributed by atoms with Gasteiger partial charge in [-0.2, -0.15) is 4.68 Å². The highest BCUT2D eigenvalue weighted by atomic mass is 16.5. The summed E-state index contributed by atoms with van der Waals surface area (Å²) in [5.74, 6) is 1.64. The molecule has 0 spiro atoms. The van der Waals surface area contributed by atoms with Crippen molar-refractivity contribution in [3.05, 3.63) is 58.9 Å². The molecule has 1 aromatic heterocycles. The Balaban J connectivity index is 1.66. The van der Waals surface area contributed by atoms with Crippen LogP contribution in [0.15, 0.2) is 36.4 Å². The lowest BCUT2D eigenvalue weighted by Gasteiger charge is -2.10.